The van der Waals surface area contributed by atoms with Gasteiger partial charge in [0.05, 0.1) is 6.26 Å². The van der Waals surface area contributed by atoms with Crippen LogP contribution in [0.2, 0.25) is 0 Å². The second-order valence-electron chi connectivity index (χ2n) is 9.36. The van der Waals surface area contributed by atoms with E-state index >= 15 is 0 Å². The number of hydrogen-bond acceptors (Lipinski definition) is 5. The topological polar surface area (TPSA) is 70.4 Å². The zero-order valence-corrected chi connectivity index (χ0v) is 20.6. The van der Waals surface area contributed by atoms with E-state index in [1.807, 2.05) is 42.5 Å². The number of benzene rings is 2. The van der Waals surface area contributed by atoms with Gasteiger partial charge in [-0.15, -0.1) is 0 Å². The molecule has 0 radical (unpaired) electrons. The third kappa shape index (κ3) is 6.43. The van der Waals surface area contributed by atoms with E-state index in [0.29, 0.717) is 11.6 Å². The maximum atomic E-state index is 13.4. The fraction of sp³-hybridized carbons (Fsp3) is 0.267. The van der Waals surface area contributed by atoms with Crippen LogP contribution in [0.25, 0.3) is 0 Å². The lowest BCUT2D eigenvalue weighted by Gasteiger charge is -2.34. The van der Waals surface area contributed by atoms with Crippen molar-refractivity contribution in [2.75, 3.05) is 29.9 Å². The van der Waals surface area contributed by atoms with Gasteiger partial charge in [0.2, 0.25) is 0 Å². The average Bonchev–Trinajstić information content (AvgIpc) is 3.48. The Morgan fingerprint density at radius 2 is 1.81 bits per heavy atom. The van der Waals surface area contributed by atoms with Crippen molar-refractivity contribution in [1.29, 1.82) is 0 Å². The second-order valence-corrected chi connectivity index (χ2v) is 9.36. The van der Waals surface area contributed by atoms with Crippen LogP contribution in [0, 0.1) is 5.82 Å². The molecule has 6 nitrogen and oxygen atoms in total. The molecular formula is C30H31FN4O2. The minimum absolute atomic E-state index is 0.0910. The number of hydrogen-bond donors (Lipinski definition) is 2. The number of pyridine rings is 1. The molecule has 1 atom stereocenters. The minimum Gasteiger partial charge on any atom is -0.469 e. The molecule has 1 saturated heterocycles. The van der Waals surface area contributed by atoms with Crippen molar-refractivity contribution in [2.45, 2.75) is 31.2 Å². The molecule has 0 aliphatic carbocycles. The number of nitrogens with zero attached hydrogens (tertiary/aromatic N) is 2. The SMILES string of the molecule is O=C(Nc1cccc(N2CCC(NCC[C@H](c3ccc(F)cc3)c3ccco3)CC2)c1)c1ccncc1. The Morgan fingerprint density at radius 3 is 2.54 bits per heavy atom. The molecular weight excluding hydrogens is 467 g/mol. The molecule has 2 aromatic heterocycles. The molecule has 0 spiro atoms. The number of halogens is 1. The van der Waals surface area contributed by atoms with Crippen LogP contribution in [-0.4, -0.2) is 36.6 Å². The van der Waals surface area contributed by atoms with Crippen LogP contribution < -0.4 is 15.5 Å². The van der Waals surface area contributed by atoms with Gasteiger partial charge in [-0.1, -0.05) is 18.2 Å². The monoisotopic (exact) mass is 498 g/mol. The number of nitrogens with one attached hydrogen (secondary N) is 2. The largest absolute Gasteiger partial charge is 0.469 e. The van der Waals surface area contributed by atoms with Gasteiger partial charge in [0.25, 0.3) is 5.91 Å². The molecule has 1 amide bonds. The molecule has 1 aliphatic heterocycles. The third-order valence-corrected chi connectivity index (χ3v) is 6.93. The van der Waals surface area contributed by atoms with Crippen LogP contribution in [0.15, 0.2) is 95.9 Å². The molecule has 2 N–H and O–H groups in total. The molecule has 1 fully saturated rings. The van der Waals surface area contributed by atoms with Crippen LogP contribution >= 0.6 is 0 Å². The van der Waals surface area contributed by atoms with Crippen LogP contribution in [-0.2, 0) is 0 Å². The Bertz CT molecular complexity index is 1270. The van der Waals surface area contributed by atoms with Gasteiger partial charge in [0, 0.05) is 54.4 Å². The van der Waals surface area contributed by atoms with Crippen molar-refractivity contribution in [2.24, 2.45) is 0 Å². The lowest BCUT2D eigenvalue weighted by molar-refractivity contribution is 0.102. The zero-order chi connectivity index (χ0) is 25.5. The summed E-state index contributed by atoms with van der Waals surface area (Å²) in [7, 11) is 0. The summed E-state index contributed by atoms with van der Waals surface area (Å²) in [6, 6.07) is 22.4. The first-order chi connectivity index (χ1) is 18.2. The summed E-state index contributed by atoms with van der Waals surface area (Å²) >= 11 is 0. The number of rotatable bonds is 9. The van der Waals surface area contributed by atoms with E-state index in [-0.39, 0.29) is 17.6 Å². The summed E-state index contributed by atoms with van der Waals surface area (Å²) in [5.74, 6) is 0.622. The van der Waals surface area contributed by atoms with Gasteiger partial charge in [-0.2, -0.15) is 0 Å². The predicted molar refractivity (Wildman–Crippen MR) is 143 cm³/mol. The number of carbonyl (C=O) groups is 1. The smallest absolute Gasteiger partial charge is 0.255 e. The highest BCUT2D eigenvalue weighted by molar-refractivity contribution is 6.04. The standard InChI is InChI=1S/C30H31FN4O2/c31-24-8-6-22(7-9-24)28(29-5-2-20-37-29)12-17-33-25-13-18-35(19-14-25)27-4-1-3-26(21-27)34-30(36)23-10-15-32-16-11-23/h1-11,15-16,20-21,25,28,33H,12-14,17-19H2,(H,34,36)/t28-/m1/s1. The fourth-order valence-electron chi connectivity index (χ4n) is 4.92. The summed E-state index contributed by atoms with van der Waals surface area (Å²) in [4.78, 5) is 18.8. The molecule has 0 bridgehead atoms. The number of piperidine rings is 1. The van der Waals surface area contributed by atoms with Crippen LogP contribution in [0.5, 0.6) is 0 Å². The first kappa shape index (κ1) is 24.7. The number of carbonyl (C=O) groups excluding carboxylic acids is 1. The highest BCUT2D eigenvalue weighted by Crippen LogP contribution is 2.29. The highest BCUT2D eigenvalue weighted by Gasteiger charge is 2.21. The first-order valence-corrected chi connectivity index (χ1v) is 12.7. The minimum atomic E-state index is -0.228. The second kappa shape index (κ2) is 11.8. The number of aromatic nitrogens is 1. The van der Waals surface area contributed by atoms with Crippen LogP contribution in [0.1, 0.15) is 46.9 Å². The molecule has 0 unspecified atom stereocenters. The molecule has 4 aromatic rings. The van der Waals surface area contributed by atoms with E-state index < -0.39 is 0 Å². The summed E-state index contributed by atoms with van der Waals surface area (Å²) in [6.07, 6.45) is 7.87. The Hall–Kier alpha value is -3.97. The first-order valence-electron chi connectivity index (χ1n) is 12.7. The Balaban J connectivity index is 1.12. The molecule has 190 valence electrons. The van der Waals surface area contributed by atoms with E-state index in [4.69, 9.17) is 4.42 Å². The maximum Gasteiger partial charge on any atom is 0.255 e. The quantitative estimate of drug-likeness (QED) is 0.303. The maximum absolute atomic E-state index is 13.4. The molecule has 3 heterocycles. The van der Waals surface area contributed by atoms with Gasteiger partial charge in [0.15, 0.2) is 0 Å². The molecule has 37 heavy (non-hydrogen) atoms. The van der Waals surface area contributed by atoms with Crippen LogP contribution in [0.3, 0.4) is 0 Å². The lowest BCUT2D eigenvalue weighted by atomic mass is 9.93. The van der Waals surface area contributed by atoms with Crippen molar-refractivity contribution < 1.29 is 13.6 Å². The van der Waals surface area contributed by atoms with Crippen molar-refractivity contribution in [3.8, 4) is 0 Å². The van der Waals surface area contributed by atoms with Gasteiger partial charge in [-0.3, -0.25) is 9.78 Å². The van der Waals surface area contributed by atoms with Gasteiger partial charge in [0.1, 0.15) is 11.6 Å². The third-order valence-electron chi connectivity index (χ3n) is 6.93. The zero-order valence-electron chi connectivity index (χ0n) is 20.6. The van der Waals surface area contributed by atoms with Crippen molar-refractivity contribution in [3.05, 3.63) is 114 Å². The lowest BCUT2D eigenvalue weighted by Crippen LogP contribution is -2.43. The summed E-state index contributed by atoms with van der Waals surface area (Å²) in [5.41, 5.74) is 3.54. The number of furan rings is 1. The van der Waals surface area contributed by atoms with Crippen LogP contribution in [0.4, 0.5) is 15.8 Å². The fourth-order valence-corrected chi connectivity index (χ4v) is 4.92. The van der Waals surface area contributed by atoms with Gasteiger partial charge >= 0.3 is 0 Å². The normalized spacial score (nSPS) is 14.9. The summed E-state index contributed by atoms with van der Waals surface area (Å²) in [6.45, 7) is 2.74. The highest BCUT2D eigenvalue weighted by atomic mass is 19.1. The molecule has 2 aromatic carbocycles. The Labute approximate surface area is 216 Å². The van der Waals surface area contributed by atoms with Gasteiger partial charge in [-0.05, 0) is 86.0 Å². The van der Waals surface area contributed by atoms with Crippen molar-refractivity contribution in [1.82, 2.24) is 10.3 Å². The van der Waals surface area contributed by atoms with Gasteiger partial charge < -0.3 is 20.0 Å². The summed E-state index contributed by atoms with van der Waals surface area (Å²) in [5, 5.41) is 6.70. The summed E-state index contributed by atoms with van der Waals surface area (Å²) < 4.78 is 19.1. The number of anilines is 2. The van der Waals surface area contributed by atoms with E-state index in [0.717, 1.165) is 61.6 Å². The van der Waals surface area contributed by atoms with Gasteiger partial charge in [-0.25, -0.2) is 4.39 Å². The average molecular weight is 499 g/mol. The number of amides is 1. The Kier molecular flexibility index (Phi) is 7.91. The molecule has 7 heteroatoms. The van der Waals surface area contributed by atoms with Crippen molar-refractivity contribution >= 4 is 17.3 Å². The van der Waals surface area contributed by atoms with E-state index in [1.165, 1.54) is 12.1 Å². The molecule has 5 rings (SSSR count). The van der Waals surface area contributed by atoms with E-state index in [9.17, 15) is 9.18 Å². The molecule has 0 saturated carbocycles. The van der Waals surface area contributed by atoms with E-state index in [2.05, 4.69) is 26.6 Å². The molecule has 1 aliphatic rings. The van der Waals surface area contributed by atoms with Crippen molar-refractivity contribution in [3.63, 3.8) is 0 Å². The Morgan fingerprint density at radius 1 is 1.03 bits per heavy atom. The predicted octanol–water partition coefficient (Wildman–Crippen LogP) is 5.85. The van der Waals surface area contributed by atoms with E-state index in [1.54, 1.807) is 30.8 Å².